The molecule has 0 saturated carbocycles. The van der Waals surface area contributed by atoms with Gasteiger partial charge in [-0.1, -0.05) is 20.8 Å². The first-order valence-corrected chi connectivity index (χ1v) is 9.61. The van der Waals surface area contributed by atoms with Gasteiger partial charge in [-0.25, -0.2) is 4.98 Å². The molecule has 6 heteroatoms. The zero-order valence-corrected chi connectivity index (χ0v) is 16.5. The molecule has 1 saturated heterocycles. The molecule has 140 valence electrons. The van der Waals surface area contributed by atoms with Gasteiger partial charge in [0.2, 0.25) is 0 Å². The van der Waals surface area contributed by atoms with E-state index in [0.29, 0.717) is 11.6 Å². The third-order valence-electron chi connectivity index (χ3n) is 5.64. The van der Waals surface area contributed by atoms with Crippen molar-refractivity contribution in [3.8, 4) is 6.07 Å². The third-order valence-corrected chi connectivity index (χ3v) is 5.64. The van der Waals surface area contributed by atoms with Gasteiger partial charge in [0.1, 0.15) is 11.9 Å². The molecule has 0 aromatic carbocycles. The highest BCUT2D eigenvalue weighted by Crippen LogP contribution is 2.30. The summed E-state index contributed by atoms with van der Waals surface area (Å²) in [5.41, 5.74) is 4.10. The van der Waals surface area contributed by atoms with E-state index in [4.69, 9.17) is 4.98 Å². The topological polar surface area (TPSA) is 68.9 Å². The SMILES string of the molecule is CN(c1nc2c(cc1C#N)CCC2)C1CN(c2ccc(C(C)(C)C)nn2)C1. The molecule has 0 spiro atoms. The average molecular weight is 362 g/mol. The number of anilines is 2. The number of hydrogen-bond acceptors (Lipinski definition) is 6. The standard InChI is InChI=1S/C21H26N6/c1-21(2,3)18-8-9-19(25-24-18)27-12-16(13-27)26(4)20-15(11-22)10-14-6-5-7-17(14)23-20/h8-10,16H,5-7,12-13H2,1-4H3. The Morgan fingerprint density at radius 1 is 1.19 bits per heavy atom. The summed E-state index contributed by atoms with van der Waals surface area (Å²) in [6, 6.07) is 8.81. The van der Waals surface area contributed by atoms with Crippen molar-refractivity contribution in [1.82, 2.24) is 15.2 Å². The summed E-state index contributed by atoms with van der Waals surface area (Å²) < 4.78 is 0. The fourth-order valence-electron chi connectivity index (χ4n) is 3.77. The Bertz CT molecular complexity index is 885. The van der Waals surface area contributed by atoms with Crippen molar-refractivity contribution >= 4 is 11.6 Å². The number of likely N-dealkylation sites (N-methyl/N-ethyl adjacent to an activating group) is 1. The molecular weight excluding hydrogens is 336 g/mol. The van der Waals surface area contributed by atoms with Gasteiger partial charge in [-0.15, -0.1) is 5.10 Å². The first kappa shape index (κ1) is 17.7. The van der Waals surface area contributed by atoms with E-state index >= 15 is 0 Å². The van der Waals surface area contributed by atoms with E-state index in [0.717, 1.165) is 55.4 Å². The van der Waals surface area contributed by atoms with E-state index < -0.39 is 0 Å². The zero-order valence-electron chi connectivity index (χ0n) is 16.5. The molecule has 27 heavy (non-hydrogen) atoms. The van der Waals surface area contributed by atoms with Crippen molar-refractivity contribution in [2.24, 2.45) is 0 Å². The second-order valence-electron chi connectivity index (χ2n) is 8.63. The van der Waals surface area contributed by atoms with Crippen LogP contribution >= 0.6 is 0 Å². The molecule has 0 amide bonds. The maximum Gasteiger partial charge on any atom is 0.151 e. The summed E-state index contributed by atoms with van der Waals surface area (Å²) in [4.78, 5) is 9.20. The van der Waals surface area contributed by atoms with Crippen LogP contribution in [0.4, 0.5) is 11.6 Å². The van der Waals surface area contributed by atoms with E-state index in [1.165, 1.54) is 5.56 Å². The van der Waals surface area contributed by atoms with Crippen LogP contribution in [0.25, 0.3) is 0 Å². The molecule has 0 atom stereocenters. The van der Waals surface area contributed by atoms with Crippen LogP contribution in [-0.4, -0.2) is 41.4 Å². The average Bonchev–Trinajstić information content (AvgIpc) is 3.06. The molecule has 0 unspecified atom stereocenters. The maximum absolute atomic E-state index is 9.55. The number of aromatic nitrogens is 3. The smallest absolute Gasteiger partial charge is 0.151 e. The van der Waals surface area contributed by atoms with Gasteiger partial charge in [-0.05, 0) is 43.0 Å². The Morgan fingerprint density at radius 2 is 1.96 bits per heavy atom. The van der Waals surface area contributed by atoms with Gasteiger partial charge in [0.05, 0.1) is 17.3 Å². The minimum Gasteiger partial charge on any atom is -0.352 e. The third kappa shape index (κ3) is 3.23. The molecule has 2 aromatic heterocycles. The Hall–Kier alpha value is -2.68. The molecule has 2 aliphatic rings. The van der Waals surface area contributed by atoms with E-state index in [1.807, 2.05) is 13.1 Å². The van der Waals surface area contributed by atoms with Crippen molar-refractivity contribution in [2.75, 3.05) is 29.9 Å². The van der Waals surface area contributed by atoms with Crippen LogP contribution in [0.5, 0.6) is 0 Å². The van der Waals surface area contributed by atoms with Crippen molar-refractivity contribution in [2.45, 2.75) is 51.5 Å². The molecular formula is C21H26N6. The number of rotatable bonds is 3. The highest BCUT2D eigenvalue weighted by Gasteiger charge is 2.33. The van der Waals surface area contributed by atoms with Gasteiger partial charge in [0.25, 0.3) is 0 Å². The normalized spacial score (nSPS) is 16.6. The number of hydrogen-bond donors (Lipinski definition) is 0. The lowest BCUT2D eigenvalue weighted by atomic mass is 9.92. The van der Waals surface area contributed by atoms with Gasteiger partial charge in [0.15, 0.2) is 5.82 Å². The van der Waals surface area contributed by atoms with Gasteiger partial charge in [-0.3, -0.25) is 0 Å². The lowest BCUT2D eigenvalue weighted by molar-refractivity contribution is 0.484. The van der Waals surface area contributed by atoms with E-state index in [2.05, 4.69) is 59.0 Å². The van der Waals surface area contributed by atoms with E-state index in [9.17, 15) is 5.26 Å². The van der Waals surface area contributed by atoms with Crippen molar-refractivity contribution in [3.63, 3.8) is 0 Å². The van der Waals surface area contributed by atoms with Gasteiger partial charge in [0, 0.05) is 31.2 Å². The monoisotopic (exact) mass is 362 g/mol. The van der Waals surface area contributed by atoms with E-state index in [-0.39, 0.29) is 5.41 Å². The van der Waals surface area contributed by atoms with Gasteiger partial charge < -0.3 is 9.80 Å². The van der Waals surface area contributed by atoms with Crippen LogP contribution in [0.2, 0.25) is 0 Å². The molecule has 3 heterocycles. The highest BCUT2D eigenvalue weighted by molar-refractivity contribution is 5.58. The summed E-state index contributed by atoms with van der Waals surface area (Å²) in [6.07, 6.45) is 3.20. The molecule has 6 nitrogen and oxygen atoms in total. The molecule has 1 fully saturated rings. The molecule has 0 N–H and O–H groups in total. The minimum absolute atomic E-state index is 0.0101. The van der Waals surface area contributed by atoms with Crippen LogP contribution in [0.15, 0.2) is 18.2 Å². The quantitative estimate of drug-likeness (QED) is 0.836. The van der Waals surface area contributed by atoms with Crippen LogP contribution in [0.3, 0.4) is 0 Å². The lowest BCUT2D eigenvalue weighted by Gasteiger charge is -2.45. The molecule has 1 aliphatic carbocycles. The van der Waals surface area contributed by atoms with Crippen LogP contribution in [0, 0.1) is 11.3 Å². The lowest BCUT2D eigenvalue weighted by Crippen LogP contribution is -2.59. The first-order chi connectivity index (χ1) is 12.9. The highest BCUT2D eigenvalue weighted by atomic mass is 15.4. The minimum atomic E-state index is 0.0101. The summed E-state index contributed by atoms with van der Waals surface area (Å²) in [5, 5.41) is 18.3. The molecule has 1 aliphatic heterocycles. The second kappa shape index (κ2) is 6.49. The number of pyridine rings is 1. The summed E-state index contributed by atoms with van der Waals surface area (Å²) >= 11 is 0. The molecule has 2 aromatic rings. The van der Waals surface area contributed by atoms with Crippen molar-refractivity contribution in [3.05, 3.63) is 40.7 Å². The van der Waals surface area contributed by atoms with Crippen molar-refractivity contribution < 1.29 is 0 Å². The Morgan fingerprint density at radius 3 is 2.59 bits per heavy atom. The Labute approximate surface area is 160 Å². The van der Waals surface area contributed by atoms with Gasteiger partial charge in [-0.2, -0.15) is 10.4 Å². The fraction of sp³-hybridized carbons (Fsp3) is 0.524. The predicted octanol–water partition coefficient (Wildman–Crippen LogP) is 2.85. The molecule has 0 bridgehead atoms. The summed E-state index contributed by atoms with van der Waals surface area (Å²) in [5.74, 6) is 1.73. The van der Waals surface area contributed by atoms with Crippen molar-refractivity contribution in [1.29, 1.82) is 5.26 Å². The second-order valence-corrected chi connectivity index (χ2v) is 8.63. The van der Waals surface area contributed by atoms with E-state index in [1.54, 1.807) is 0 Å². The van der Waals surface area contributed by atoms with Crippen LogP contribution < -0.4 is 9.80 Å². The maximum atomic E-state index is 9.55. The summed E-state index contributed by atoms with van der Waals surface area (Å²) in [6.45, 7) is 8.15. The predicted molar refractivity (Wildman–Crippen MR) is 106 cm³/mol. The van der Waals surface area contributed by atoms with Crippen LogP contribution in [-0.2, 0) is 18.3 Å². The Balaban J connectivity index is 1.46. The first-order valence-electron chi connectivity index (χ1n) is 9.61. The number of nitriles is 1. The molecule has 0 radical (unpaired) electrons. The fourth-order valence-corrected chi connectivity index (χ4v) is 3.77. The number of nitrogens with zero attached hydrogens (tertiary/aromatic N) is 6. The van der Waals surface area contributed by atoms with Crippen LogP contribution in [0.1, 0.15) is 49.7 Å². The Kier molecular flexibility index (Phi) is 4.26. The molecule has 4 rings (SSSR count). The largest absolute Gasteiger partial charge is 0.352 e. The summed E-state index contributed by atoms with van der Waals surface area (Å²) in [7, 11) is 2.04. The van der Waals surface area contributed by atoms with Gasteiger partial charge >= 0.3 is 0 Å². The number of aryl methyl sites for hydroxylation is 2. The zero-order chi connectivity index (χ0) is 19.2. The number of fused-ring (bicyclic) bond motifs is 1.